The summed E-state index contributed by atoms with van der Waals surface area (Å²) in [5, 5.41) is 0. The molecular weight excluding hydrogens is 413 g/mol. The first-order valence-electron chi connectivity index (χ1n) is 6.44. The fourth-order valence-electron chi connectivity index (χ4n) is 1.87. The summed E-state index contributed by atoms with van der Waals surface area (Å²) in [5.41, 5.74) is 0.729. The molecule has 4 nitrogen and oxygen atoms in total. The van der Waals surface area contributed by atoms with Gasteiger partial charge in [-0.15, -0.1) is 0 Å². The van der Waals surface area contributed by atoms with Crippen molar-refractivity contribution in [2.45, 2.75) is 11.4 Å². The second-order valence-corrected chi connectivity index (χ2v) is 7.60. The monoisotopic (exact) mass is 427 g/mol. The van der Waals surface area contributed by atoms with E-state index in [1.54, 1.807) is 36.4 Å². The van der Waals surface area contributed by atoms with Crippen LogP contribution in [-0.4, -0.2) is 18.6 Å². The van der Waals surface area contributed by atoms with E-state index in [1.165, 1.54) is 12.1 Å². The molecule has 0 spiro atoms. The second-order valence-electron chi connectivity index (χ2n) is 4.49. The van der Waals surface area contributed by atoms with Crippen LogP contribution >= 0.6 is 22.6 Å². The van der Waals surface area contributed by atoms with Crippen LogP contribution in [-0.2, 0) is 21.4 Å². The number of sulfonamides is 1. The number of nitrogens with zero attached hydrogens (tertiary/aromatic N) is 1. The van der Waals surface area contributed by atoms with Gasteiger partial charge < -0.3 is 0 Å². The van der Waals surface area contributed by atoms with Gasteiger partial charge in [0.1, 0.15) is 0 Å². The number of hydrogen-bond acceptors (Lipinski definition) is 3. The van der Waals surface area contributed by atoms with Crippen molar-refractivity contribution < 1.29 is 13.2 Å². The highest BCUT2D eigenvalue weighted by Gasteiger charge is 2.27. The molecule has 0 N–H and O–H groups in total. The molecule has 0 saturated carbocycles. The largest absolute Gasteiger partial charge is 0.269 e. The Labute approximate surface area is 143 Å². The summed E-state index contributed by atoms with van der Waals surface area (Å²) in [6, 6.07) is 15.3. The maximum Gasteiger partial charge on any atom is 0.267 e. The summed E-state index contributed by atoms with van der Waals surface area (Å²) in [6.07, 6.45) is 1.01. The van der Waals surface area contributed by atoms with Gasteiger partial charge in [-0.25, -0.2) is 12.7 Å². The molecule has 0 saturated heterocycles. The lowest BCUT2D eigenvalue weighted by Gasteiger charge is -2.21. The Hall–Kier alpha value is -1.67. The summed E-state index contributed by atoms with van der Waals surface area (Å²) in [7, 11) is -3.92. The van der Waals surface area contributed by atoms with Crippen LogP contribution in [0, 0.1) is 3.57 Å². The molecule has 2 aromatic rings. The topological polar surface area (TPSA) is 54.5 Å². The van der Waals surface area contributed by atoms with Gasteiger partial charge in [-0.1, -0.05) is 36.9 Å². The molecule has 22 heavy (non-hydrogen) atoms. The first-order chi connectivity index (χ1) is 10.4. The summed E-state index contributed by atoms with van der Waals surface area (Å²) < 4.78 is 27.2. The highest BCUT2D eigenvalue weighted by atomic mass is 127. The lowest BCUT2D eigenvalue weighted by Crippen LogP contribution is -2.35. The van der Waals surface area contributed by atoms with E-state index >= 15 is 0 Å². The SMILES string of the molecule is C=CC(=O)N(Cc1ccccc1)S(=O)(=O)c1ccc(I)cc1. The number of carbonyl (C=O) groups is 1. The van der Waals surface area contributed by atoms with Gasteiger partial charge in [-0.05, 0) is 58.5 Å². The normalized spacial score (nSPS) is 11.0. The van der Waals surface area contributed by atoms with Crippen LogP contribution in [0.3, 0.4) is 0 Å². The number of hydrogen-bond donors (Lipinski definition) is 0. The molecular formula is C16H14INO3S. The summed E-state index contributed by atoms with van der Waals surface area (Å²) in [4.78, 5) is 12.1. The number of benzene rings is 2. The van der Waals surface area contributed by atoms with E-state index < -0.39 is 15.9 Å². The van der Waals surface area contributed by atoms with Crippen molar-refractivity contribution in [2.75, 3.05) is 0 Å². The molecule has 0 unspecified atom stereocenters. The maximum absolute atomic E-state index is 12.7. The lowest BCUT2D eigenvalue weighted by molar-refractivity contribution is -0.121. The van der Waals surface area contributed by atoms with Gasteiger partial charge in [0.15, 0.2) is 0 Å². The van der Waals surface area contributed by atoms with Gasteiger partial charge in [0.2, 0.25) is 0 Å². The van der Waals surface area contributed by atoms with Crippen LogP contribution in [0.1, 0.15) is 5.56 Å². The van der Waals surface area contributed by atoms with Gasteiger partial charge in [-0.3, -0.25) is 4.79 Å². The lowest BCUT2D eigenvalue weighted by atomic mass is 10.2. The van der Waals surface area contributed by atoms with Crippen LogP contribution in [0.15, 0.2) is 72.1 Å². The molecule has 0 radical (unpaired) electrons. The Balaban J connectivity index is 2.42. The molecule has 114 valence electrons. The molecule has 2 aromatic carbocycles. The Morgan fingerprint density at radius 3 is 2.23 bits per heavy atom. The smallest absolute Gasteiger partial charge is 0.267 e. The van der Waals surface area contributed by atoms with E-state index in [2.05, 4.69) is 29.2 Å². The molecule has 0 aliphatic heterocycles. The molecule has 0 atom stereocenters. The van der Waals surface area contributed by atoms with Crippen LogP contribution in [0.2, 0.25) is 0 Å². The average Bonchev–Trinajstić information content (AvgIpc) is 2.53. The fourth-order valence-corrected chi connectivity index (χ4v) is 3.59. The van der Waals surface area contributed by atoms with E-state index in [4.69, 9.17) is 0 Å². The third-order valence-electron chi connectivity index (χ3n) is 2.99. The number of halogens is 1. The second kappa shape index (κ2) is 7.06. The molecule has 0 aliphatic carbocycles. The first kappa shape index (κ1) is 16.7. The molecule has 0 bridgehead atoms. The molecule has 0 fully saturated rings. The minimum Gasteiger partial charge on any atom is -0.269 e. The van der Waals surface area contributed by atoms with E-state index in [1.807, 2.05) is 6.07 Å². The minimum absolute atomic E-state index is 0.0278. The first-order valence-corrected chi connectivity index (χ1v) is 8.95. The minimum atomic E-state index is -3.92. The summed E-state index contributed by atoms with van der Waals surface area (Å²) in [5.74, 6) is -0.651. The molecule has 0 heterocycles. The Morgan fingerprint density at radius 1 is 1.09 bits per heavy atom. The van der Waals surface area contributed by atoms with Gasteiger partial charge in [0.25, 0.3) is 15.9 Å². The van der Waals surface area contributed by atoms with Crippen molar-refractivity contribution in [3.63, 3.8) is 0 Å². The summed E-state index contributed by atoms with van der Waals surface area (Å²) in [6.45, 7) is 3.36. The van der Waals surface area contributed by atoms with Gasteiger partial charge in [0.05, 0.1) is 11.4 Å². The highest BCUT2D eigenvalue weighted by Crippen LogP contribution is 2.20. The number of carbonyl (C=O) groups excluding carboxylic acids is 1. The maximum atomic E-state index is 12.7. The quantitative estimate of drug-likeness (QED) is 0.544. The highest BCUT2D eigenvalue weighted by molar-refractivity contribution is 14.1. The van der Waals surface area contributed by atoms with Crippen LogP contribution in [0.4, 0.5) is 0 Å². The molecule has 0 aliphatic rings. The Morgan fingerprint density at radius 2 is 1.68 bits per heavy atom. The van der Waals surface area contributed by atoms with Crippen molar-refractivity contribution >= 4 is 38.5 Å². The average molecular weight is 427 g/mol. The van der Waals surface area contributed by atoms with Crippen LogP contribution < -0.4 is 0 Å². The molecule has 1 amide bonds. The van der Waals surface area contributed by atoms with Gasteiger partial charge in [0, 0.05) is 3.57 Å². The predicted octanol–water partition coefficient (Wildman–Crippen LogP) is 3.19. The van der Waals surface area contributed by atoms with E-state index in [0.717, 1.165) is 19.5 Å². The van der Waals surface area contributed by atoms with E-state index in [0.29, 0.717) is 0 Å². The van der Waals surface area contributed by atoms with E-state index in [9.17, 15) is 13.2 Å². The standard InChI is InChI=1S/C16H14INO3S/c1-2-16(19)18(12-13-6-4-3-5-7-13)22(20,21)15-10-8-14(17)9-11-15/h2-11H,1,12H2. The molecule has 6 heteroatoms. The molecule has 2 rings (SSSR count). The molecule has 0 aromatic heterocycles. The van der Waals surface area contributed by atoms with Gasteiger partial charge >= 0.3 is 0 Å². The van der Waals surface area contributed by atoms with Crippen molar-refractivity contribution in [1.82, 2.24) is 4.31 Å². The van der Waals surface area contributed by atoms with Gasteiger partial charge in [-0.2, -0.15) is 0 Å². The van der Waals surface area contributed by atoms with Crippen LogP contribution in [0.25, 0.3) is 0 Å². The zero-order chi connectivity index (χ0) is 16.2. The number of rotatable bonds is 5. The van der Waals surface area contributed by atoms with Crippen LogP contribution in [0.5, 0.6) is 0 Å². The third-order valence-corrected chi connectivity index (χ3v) is 5.47. The Bertz CT molecular complexity index is 771. The van der Waals surface area contributed by atoms with Crippen molar-refractivity contribution in [3.8, 4) is 0 Å². The van der Waals surface area contributed by atoms with Crippen molar-refractivity contribution in [1.29, 1.82) is 0 Å². The summed E-state index contributed by atoms with van der Waals surface area (Å²) >= 11 is 2.09. The number of amides is 1. The fraction of sp³-hybridized carbons (Fsp3) is 0.0625. The van der Waals surface area contributed by atoms with Crippen molar-refractivity contribution in [2.24, 2.45) is 0 Å². The zero-order valence-corrected chi connectivity index (χ0v) is 14.6. The van der Waals surface area contributed by atoms with E-state index in [-0.39, 0.29) is 11.4 Å². The Kier molecular flexibility index (Phi) is 5.36. The zero-order valence-electron chi connectivity index (χ0n) is 11.6. The predicted molar refractivity (Wildman–Crippen MR) is 93.5 cm³/mol. The van der Waals surface area contributed by atoms with Crippen molar-refractivity contribution in [3.05, 3.63) is 76.4 Å². The third kappa shape index (κ3) is 3.75.